The van der Waals surface area contributed by atoms with Gasteiger partial charge in [0.15, 0.2) is 0 Å². The van der Waals surface area contributed by atoms with Gasteiger partial charge < -0.3 is 15.5 Å². The van der Waals surface area contributed by atoms with Crippen LogP contribution in [0.5, 0.6) is 0 Å². The smallest absolute Gasteiger partial charge is 0.317 e. The average molecular weight is 340 g/mol. The molecule has 0 bridgehead atoms. The second-order valence-corrected chi connectivity index (χ2v) is 7.28. The fourth-order valence-corrected chi connectivity index (χ4v) is 2.75. The van der Waals surface area contributed by atoms with E-state index in [1.807, 2.05) is 20.8 Å². The van der Waals surface area contributed by atoms with Gasteiger partial charge in [0.1, 0.15) is 10.7 Å². The monoisotopic (exact) mass is 340 g/mol. The summed E-state index contributed by atoms with van der Waals surface area (Å²) in [5, 5.41) is 8.19. The Kier molecular flexibility index (Phi) is 8.02. The van der Waals surface area contributed by atoms with Gasteiger partial charge in [-0.25, -0.2) is 9.78 Å². The lowest BCUT2D eigenvalue weighted by Gasteiger charge is -2.23. The van der Waals surface area contributed by atoms with E-state index in [-0.39, 0.29) is 11.9 Å². The van der Waals surface area contributed by atoms with Gasteiger partial charge in [-0.1, -0.05) is 27.7 Å². The molecule has 1 aromatic rings. The first-order valence-corrected chi connectivity index (χ1v) is 8.96. The Morgan fingerprint density at radius 2 is 1.91 bits per heavy atom. The van der Waals surface area contributed by atoms with Crippen LogP contribution in [-0.2, 0) is 6.54 Å². The van der Waals surface area contributed by atoms with Crippen molar-refractivity contribution in [2.24, 2.45) is 11.8 Å². The van der Waals surface area contributed by atoms with Crippen molar-refractivity contribution >= 4 is 23.3 Å². The molecule has 0 atom stereocenters. The molecule has 0 aliphatic carbocycles. The molecule has 0 aromatic carbocycles. The van der Waals surface area contributed by atoms with E-state index < -0.39 is 0 Å². The number of rotatable bonds is 8. The zero-order valence-corrected chi connectivity index (χ0v) is 15.5. The van der Waals surface area contributed by atoms with Crippen LogP contribution in [0.4, 0.5) is 4.79 Å². The molecule has 7 heteroatoms. The molecule has 6 nitrogen and oxygen atoms in total. The summed E-state index contributed by atoms with van der Waals surface area (Å²) in [6.45, 7) is 12.4. The molecule has 3 amide bonds. The van der Waals surface area contributed by atoms with Crippen molar-refractivity contribution < 1.29 is 9.59 Å². The van der Waals surface area contributed by atoms with Gasteiger partial charge in [-0.15, -0.1) is 11.3 Å². The second-order valence-electron chi connectivity index (χ2n) is 6.34. The van der Waals surface area contributed by atoms with Crippen molar-refractivity contribution in [3.8, 4) is 0 Å². The van der Waals surface area contributed by atoms with Crippen LogP contribution in [0.15, 0.2) is 5.38 Å². The molecule has 0 spiro atoms. The van der Waals surface area contributed by atoms with E-state index in [0.29, 0.717) is 43.7 Å². The number of nitrogens with one attached hydrogen (secondary N) is 2. The van der Waals surface area contributed by atoms with Gasteiger partial charge in [0.25, 0.3) is 5.91 Å². The van der Waals surface area contributed by atoms with E-state index in [9.17, 15) is 9.59 Å². The summed E-state index contributed by atoms with van der Waals surface area (Å²) in [5.74, 6) is 0.609. The summed E-state index contributed by atoms with van der Waals surface area (Å²) in [4.78, 5) is 30.2. The first kappa shape index (κ1) is 19.4. The van der Waals surface area contributed by atoms with Gasteiger partial charge in [-0.2, -0.15) is 0 Å². The number of carbonyl (C=O) groups is 2. The predicted octanol–water partition coefficient (Wildman–Crippen LogP) is 2.72. The number of urea groups is 1. The first-order valence-electron chi connectivity index (χ1n) is 8.08. The first-order chi connectivity index (χ1) is 10.8. The molecule has 0 radical (unpaired) electrons. The molecular weight excluding hydrogens is 312 g/mol. The Labute approximate surface area is 142 Å². The summed E-state index contributed by atoms with van der Waals surface area (Å²) < 4.78 is 0. The number of hydrogen-bond donors (Lipinski definition) is 2. The summed E-state index contributed by atoms with van der Waals surface area (Å²) in [6.07, 6.45) is 0. The lowest BCUT2D eigenvalue weighted by atomic mass is 10.2. The summed E-state index contributed by atoms with van der Waals surface area (Å²) in [7, 11) is 0. The van der Waals surface area contributed by atoms with Crippen LogP contribution >= 0.6 is 11.3 Å². The lowest BCUT2D eigenvalue weighted by molar-refractivity contribution is 0.0944. The fraction of sp³-hybridized carbons (Fsp3) is 0.688. The normalized spacial score (nSPS) is 10.9. The quantitative estimate of drug-likeness (QED) is 0.764. The van der Waals surface area contributed by atoms with E-state index in [2.05, 4.69) is 29.5 Å². The predicted molar refractivity (Wildman–Crippen MR) is 93.6 cm³/mol. The van der Waals surface area contributed by atoms with Crippen LogP contribution < -0.4 is 10.6 Å². The van der Waals surface area contributed by atoms with E-state index in [1.54, 1.807) is 10.3 Å². The highest BCUT2D eigenvalue weighted by molar-refractivity contribution is 7.09. The topological polar surface area (TPSA) is 74.3 Å². The van der Waals surface area contributed by atoms with Crippen LogP contribution in [0.3, 0.4) is 0 Å². The molecule has 1 heterocycles. The molecular formula is C16H28N4O2S. The summed E-state index contributed by atoms with van der Waals surface area (Å²) in [6, 6.07) is -0.0952. The fourth-order valence-electron chi connectivity index (χ4n) is 1.96. The molecule has 0 aliphatic heterocycles. The largest absolute Gasteiger partial charge is 0.350 e. The molecule has 130 valence electrons. The van der Waals surface area contributed by atoms with Crippen molar-refractivity contribution in [2.75, 3.05) is 19.6 Å². The Bertz CT molecular complexity index is 514. The van der Waals surface area contributed by atoms with E-state index in [4.69, 9.17) is 0 Å². The van der Waals surface area contributed by atoms with Crippen molar-refractivity contribution in [3.63, 3.8) is 0 Å². The molecule has 0 saturated carbocycles. The van der Waals surface area contributed by atoms with E-state index in [1.165, 1.54) is 11.3 Å². The second kappa shape index (κ2) is 9.50. The lowest BCUT2D eigenvalue weighted by Crippen LogP contribution is -2.41. The molecule has 0 saturated heterocycles. The molecule has 23 heavy (non-hydrogen) atoms. The van der Waals surface area contributed by atoms with Crippen molar-refractivity contribution in [2.45, 2.75) is 41.2 Å². The third-order valence-corrected chi connectivity index (χ3v) is 3.82. The molecule has 0 fully saturated rings. The molecule has 1 rings (SSSR count). The zero-order valence-electron chi connectivity index (χ0n) is 14.7. The van der Waals surface area contributed by atoms with Gasteiger partial charge in [0.2, 0.25) is 0 Å². The maximum atomic E-state index is 12.1. The van der Waals surface area contributed by atoms with E-state index >= 15 is 0 Å². The SMILES string of the molecule is CCNC(=O)N(Cc1nc(C(=O)NCC(C)C)cs1)CC(C)C. The third-order valence-electron chi connectivity index (χ3n) is 2.98. The van der Waals surface area contributed by atoms with Gasteiger partial charge in [0.05, 0.1) is 6.54 Å². The minimum absolute atomic E-state index is 0.0952. The molecule has 0 aliphatic rings. The zero-order chi connectivity index (χ0) is 17.4. The van der Waals surface area contributed by atoms with Crippen molar-refractivity contribution in [1.82, 2.24) is 20.5 Å². The standard InChI is InChI=1S/C16H28N4O2S/c1-6-17-16(22)20(8-12(4)5)9-14-19-13(10-23-14)15(21)18-7-11(2)3/h10-12H,6-9H2,1-5H3,(H,17,22)(H,18,21). The van der Waals surface area contributed by atoms with Gasteiger partial charge in [0, 0.05) is 25.0 Å². The minimum Gasteiger partial charge on any atom is -0.350 e. The number of amides is 3. The average Bonchev–Trinajstić information content (AvgIpc) is 2.92. The maximum Gasteiger partial charge on any atom is 0.317 e. The number of aromatic nitrogens is 1. The summed E-state index contributed by atoms with van der Waals surface area (Å²) in [5.41, 5.74) is 0.422. The highest BCUT2D eigenvalue weighted by atomic mass is 32.1. The Morgan fingerprint density at radius 3 is 2.48 bits per heavy atom. The number of carbonyl (C=O) groups excluding carboxylic acids is 2. The number of hydrogen-bond acceptors (Lipinski definition) is 4. The molecule has 2 N–H and O–H groups in total. The molecule has 1 aromatic heterocycles. The highest BCUT2D eigenvalue weighted by Gasteiger charge is 2.18. The van der Waals surface area contributed by atoms with Gasteiger partial charge >= 0.3 is 6.03 Å². The maximum absolute atomic E-state index is 12.1. The van der Waals surface area contributed by atoms with Crippen LogP contribution in [-0.4, -0.2) is 41.5 Å². The Hall–Kier alpha value is -1.63. The van der Waals surface area contributed by atoms with Crippen LogP contribution in [0.1, 0.15) is 50.1 Å². The molecule has 0 unspecified atom stereocenters. The van der Waals surface area contributed by atoms with Gasteiger partial charge in [-0.05, 0) is 18.8 Å². The van der Waals surface area contributed by atoms with Crippen molar-refractivity contribution in [3.05, 3.63) is 16.1 Å². The van der Waals surface area contributed by atoms with Crippen LogP contribution in [0, 0.1) is 11.8 Å². The highest BCUT2D eigenvalue weighted by Crippen LogP contribution is 2.14. The van der Waals surface area contributed by atoms with E-state index in [0.717, 1.165) is 5.01 Å². The van der Waals surface area contributed by atoms with Crippen molar-refractivity contribution in [1.29, 1.82) is 0 Å². The number of nitrogens with zero attached hydrogens (tertiary/aromatic N) is 2. The Morgan fingerprint density at radius 1 is 1.22 bits per heavy atom. The van der Waals surface area contributed by atoms with Crippen LogP contribution in [0.25, 0.3) is 0 Å². The third kappa shape index (κ3) is 6.99. The number of thiazole rings is 1. The Balaban J connectivity index is 2.70. The minimum atomic E-state index is -0.158. The van der Waals surface area contributed by atoms with Crippen LogP contribution in [0.2, 0.25) is 0 Å². The summed E-state index contributed by atoms with van der Waals surface area (Å²) >= 11 is 1.41. The van der Waals surface area contributed by atoms with Gasteiger partial charge in [-0.3, -0.25) is 4.79 Å².